The molecule has 0 radical (unpaired) electrons. The molecule has 3 heterocycles. The van der Waals surface area contributed by atoms with E-state index in [9.17, 15) is 33.6 Å². The molecule has 3 fully saturated rings. The molecule has 0 aliphatic carbocycles. The van der Waals surface area contributed by atoms with Crippen molar-refractivity contribution in [3.05, 3.63) is 29.8 Å². The molecule has 0 aromatic heterocycles. The summed E-state index contributed by atoms with van der Waals surface area (Å²) >= 11 is 0. The van der Waals surface area contributed by atoms with Gasteiger partial charge in [0.25, 0.3) is 0 Å². The van der Waals surface area contributed by atoms with Crippen LogP contribution in [0.1, 0.15) is 51.4 Å². The molecule has 1 aromatic rings. The van der Waals surface area contributed by atoms with E-state index < -0.39 is 116 Å². The van der Waals surface area contributed by atoms with Crippen LogP contribution in [-0.4, -0.2) is 118 Å². The van der Waals surface area contributed by atoms with Gasteiger partial charge >= 0.3 is 35.8 Å². The molecular weight excluding hydrogens is 684 g/mol. The number of Topliss-reactive ketones (excluding diaryl/α,β-unsaturated/α-hetero) is 1. The van der Waals surface area contributed by atoms with Gasteiger partial charge in [0.15, 0.2) is 36.5 Å². The molecule has 4 rings (SSSR count). The van der Waals surface area contributed by atoms with Crippen LogP contribution < -0.4 is 4.74 Å². The predicted octanol–water partition coefficient (Wildman–Crippen LogP) is 0.788. The SMILES string of the molecule is COc1ccc(C(=O)O[C@@H]2[C@H](OC(C)=O)OCC(=O)[C@H]3[C@H](O[C@@H]4O[C@H](COC(C)=O)[C@@H](OC(C)=O)[C@H](OC(C)=O)[C@H]4OC(C)=O)OCC[C@@H]23)cc1. The highest BCUT2D eigenvalue weighted by molar-refractivity contribution is 5.90. The van der Waals surface area contributed by atoms with E-state index in [1.54, 1.807) is 12.1 Å². The lowest BCUT2D eigenvalue weighted by molar-refractivity contribution is -0.352. The number of ether oxygens (including phenoxy) is 11. The molecule has 0 unspecified atom stereocenters. The van der Waals surface area contributed by atoms with Crippen LogP contribution in [0.2, 0.25) is 0 Å². The van der Waals surface area contributed by atoms with Crippen LogP contribution in [0, 0.1) is 11.8 Å². The fourth-order valence-corrected chi connectivity index (χ4v) is 6.00. The Kier molecular flexibility index (Phi) is 13.4. The fourth-order valence-electron chi connectivity index (χ4n) is 6.00. The summed E-state index contributed by atoms with van der Waals surface area (Å²) in [5, 5.41) is 0. The minimum atomic E-state index is -1.68. The summed E-state index contributed by atoms with van der Waals surface area (Å²) < 4.78 is 61.5. The van der Waals surface area contributed by atoms with Gasteiger partial charge in [0.1, 0.15) is 25.1 Å². The highest BCUT2D eigenvalue weighted by Gasteiger charge is 2.56. The molecule has 3 saturated heterocycles. The molecule has 0 spiro atoms. The zero-order valence-electron chi connectivity index (χ0n) is 28.8. The number of hydrogen-bond donors (Lipinski definition) is 0. The van der Waals surface area contributed by atoms with E-state index in [0.29, 0.717) is 5.75 Å². The lowest BCUT2D eigenvalue weighted by atomic mass is 9.80. The molecule has 3 aliphatic rings. The summed E-state index contributed by atoms with van der Waals surface area (Å²) in [6, 6.07) is 6.01. The van der Waals surface area contributed by atoms with Gasteiger partial charge in [0.2, 0.25) is 12.6 Å². The highest BCUT2D eigenvalue weighted by Crippen LogP contribution is 2.40. The smallest absolute Gasteiger partial charge is 0.338 e. The van der Waals surface area contributed by atoms with E-state index in [2.05, 4.69) is 0 Å². The Balaban J connectivity index is 1.70. The number of fused-ring (bicyclic) bond motifs is 1. The van der Waals surface area contributed by atoms with Crippen LogP contribution >= 0.6 is 0 Å². The summed E-state index contributed by atoms with van der Waals surface area (Å²) in [6.45, 7) is 4.24. The molecular formula is C33H40O18. The molecule has 0 saturated carbocycles. The molecule has 1 aromatic carbocycles. The minimum Gasteiger partial charge on any atom is -0.497 e. The van der Waals surface area contributed by atoms with Gasteiger partial charge in [-0.25, -0.2) is 4.79 Å². The molecule has 0 N–H and O–H groups in total. The van der Waals surface area contributed by atoms with E-state index in [1.807, 2.05) is 0 Å². The maximum atomic E-state index is 13.7. The van der Waals surface area contributed by atoms with E-state index in [-0.39, 0.29) is 18.6 Å². The highest BCUT2D eigenvalue weighted by atomic mass is 16.8. The van der Waals surface area contributed by atoms with Crippen molar-refractivity contribution in [2.24, 2.45) is 11.8 Å². The van der Waals surface area contributed by atoms with Crippen molar-refractivity contribution in [1.29, 1.82) is 0 Å². The second-order valence-corrected chi connectivity index (χ2v) is 11.8. The summed E-state index contributed by atoms with van der Waals surface area (Å²) in [6.07, 6.45) is -11.9. The Morgan fingerprint density at radius 2 is 1.29 bits per heavy atom. The Bertz CT molecular complexity index is 1460. The number of carbonyl (C=O) groups excluding carboxylic acids is 7. The molecule has 0 bridgehead atoms. The molecule has 18 nitrogen and oxygen atoms in total. The normalized spacial score (nSPS) is 30.4. The Morgan fingerprint density at radius 3 is 1.88 bits per heavy atom. The van der Waals surface area contributed by atoms with Crippen LogP contribution in [0.5, 0.6) is 5.75 Å². The van der Waals surface area contributed by atoms with Crippen LogP contribution in [0.4, 0.5) is 0 Å². The minimum absolute atomic E-state index is 0.0756. The van der Waals surface area contributed by atoms with Gasteiger partial charge in [0.05, 0.1) is 25.2 Å². The average molecular weight is 725 g/mol. The third-order valence-corrected chi connectivity index (χ3v) is 8.01. The van der Waals surface area contributed by atoms with Gasteiger partial charge in [-0.3, -0.25) is 28.8 Å². The topological polar surface area (TPSA) is 221 Å². The largest absolute Gasteiger partial charge is 0.497 e. The number of hydrogen-bond acceptors (Lipinski definition) is 18. The van der Waals surface area contributed by atoms with E-state index in [4.69, 9.17) is 52.1 Å². The zero-order chi connectivity index (χ0) is 37.4. The quantitative estimate of drug-likeness (QED) is 0.227. The van der Waals surface area contributed by atoms with Crippen molar-refractivity contribution in [3.8, 4) is 5.75 Å². The summed E-state index contributed by atoms with van der Waals surface area (Å²) in [7, 11) is 1.46. The third-order valence-electron chi connectivity index (χ3n) is 8.01. The summed E-state index contributed by atoms with van der Waals surface area (Å²) in [5.74, 6) is -7.13. The average Bonchev–Trinajstić information content (AvgIpc) is 3.18. The Hall–Kier alpha value is -4.65. The maximum Gasteiger partial charge on any atom is 0.338 e. The van der Waals surface area contributed by atoms with Crippen molar-refractivity contribution in [2.75, 3.05) is 26.9 Å². The van der Waals surface area contributed by atoms with Crippen molar-refractivity contribution in [1.82, 2.24) is 0 Å². The van der Waals surface area contributed by atoms with Crippen LogP contribution in [-0.2, 0) is 76.1 Å². The van der Waals surface area contributed by atoms with Gasteiger partial charge in [0, 0.05) is 40.5 Å². The zero-order valence-corrected chi connectivity index (χ0v) is 28.8. The number of methoxy groups -OCH3 is 1. The van der Waals surface area contributed by atoms with E-state index >= 15 is 0 Å². The second kappa shape index (κ2) is 17.5. The summed E-state index contributed by atoms with van der Waals surface area (Å²) in [4.78, 5) is 87.5. The standard InChI is InChI=1S/C33H40O18/c1-15(34)43-14-24-27(45-16(2)35)28(46-17(3)36)29(47-18(4)37)33(49-24)51-31-25-22(11-12-42-31)26(32(48-19(5)38)44-13-23(25)39)50-30(40)20-7-9-21(41-6)10-8-20/h7-10,22,24-29,31-33H,11-14H2,1-6H3/t22-,24-,25+,26+,27-,28+,29-,31+,32+,33+/m1/s1. The number of rotatable bonds is 11. The molecule has 280 valence electrons. The predicted molar refractivity (Wildman–Crippen MR) is 163 cm³/mol. The molecule has 3 aliphatic heterocycles. The van der Waals surface area contributed by atoms with Crippen molar-refractivity contribution < 1.29 is 85.7 Å². The first-order valence-electron chi connectivity index (χ1n) is 15.9. The first-order valence-corrected chi connectivity index (χ1v) is 15.9. The van der Waals surface area contributed by atoms with Crippen molar-refractivity contribution >= 4 is 41.6 Å². The van der Waals surface area contributed by atoms with Crippen molar-refractivity contribution in [2.45, 2.75) is 90.4 Å². The van der Waals surface area contributed by atoms with Crippen LogP contribution in [0.3, 0.4) is 0 Å². The lowest BCUT2D eigenvalue weighted by Crippen LogP contribution is -2.64. The monoisotopic (exact) mass is 724 g/mol. The number of esters is 6. The fraction of sp³-hybridized carbons (Fsp3) is 0.606. The third kappa shape index (κ3) is 10.2. The first kappa shape index (κ1) is 39.1. The molecule has 18 heteroatoms. The van der Waals surface area contributed by atoms with Gasteiger partial charge in [-0.2, -0.15) is 0 Å². The Labute approximate surface area is 292 Å². The number of carbonyl (C=O) groups is 7. The molecule has 10 atom stereocenters. The van der Waals surface area contributed by atoms with Gasteiger partial charge in [-0.05, 0) is 30.7 Å². The first-order chi connectivity index (χ1) is 24.2. The lowest BCUT2D eigenvalue weighted by Gasteiger charge is -2.46. The number of ketones is 1. The van der Waals surface area contributed by atoms with Gasteiger partial charge < -0.3 is 52.1 Å². The summed E-state index contributed by atoms with van der Waals surface area (Å²) in [5.41, 5.74) is 0.127. The van der Waals surface area contributed by atoms with E-state index in [1.165, 1.54) is 19.2 Å². The van der Waals surface area contributed by atoms with Gasteiger partial charge in [-0.15, -0.1) is 0 Å². The van der Waals surface area contributed by atoms with Crippen LogP contribution in [0.15, 0.2) is 24.3 Å². The second-order valence-electron chi connectivity index (χ2n) is 11.8. The number of benzene rings is 1. The van der Waals surface area contributed by atoms with Crippen LogP contribution in [0.25, 0.3) is 0 Å². The van der Waals surface area contributed by atoms with Gasteiger partial charge in [-0.1, -0.05) is 0 Å². The van der Waals surface area contributed by atoms with Crippen molar-refractivity contribution in [3.63, 3.8) is 0 Å². The molecule has 51 heavy (non-hydrogen) atoms. The Morgan fingerprint density at radius 1 is 0.686 bits per heavy atom. The van der Waals surface area contributed by atoms with E-state index in [0.717, 1.165) is 34.6 Å². The maximum absolute atomic E-state index is 13.7. The molecule has 0 amide bonds.